The lowest BCUT2D eigenvalue weighted by Crippen LogP contribution is -2.28. The molecule has 24 heavy (non-hydrogen) atoms. The second-order valence-electron chi connectivity index (χ2n) is 4.98. The van der Waals surface area contributed by atoms with E-state index in [1.54, 1.807) is 18.2 Å². The molecule has 0 aliphatic rings. The number of carboxylic acid groups (broad SMARTS) is 1. The van der Waals surface area contributed by atoms with E-state index in [4.69, 9.17) is 4.74 Å². The summed E-state index contributed by atoms with van der Waals surface area (Å²) in [6.45, 7) is 1.36. The molecule has 0 amide bonds. The molecular weight excluding hydrogens is 326 g/mol. The van der Waals surface area contributed by atoms with Crippen molar-refractivity contribution in [1.29, 1.82) is 0 Å². The van der Waals surface area contributed by atoms with Gasteiger partial charge in [-0.25, -0.2) is 4.98 Å². The number of nitrogens with one attached hydrogen (secondary N) is 1. The number of fused-ring (bicyclic) bond motifs is 1. The monoisotopic (exact) mass is 340 g/mol. The summed E-state index contributed by atoms with van der Waals surface area (Å²) in [4.78, 5) is 14.9. The number of benzene rings is 2. The highest BCUT2D eigenvalue weighted by atomic mass is 32.1. The van der Waals surface area contributed by atoms with Crippen LogP contribution in [-0.2, 0) is 4.79 Å². The Morgan fingerprint density at radius 1 is 1.29 bits per heavy atom. The van der Waals surface area contributed by atoms with Crippen LogP contribution in [0.1, 0.15) is 12.5 Å². The smallest absolute Gasteiger partial charge is 0.204 e. The van der Waals surface area contributed by atoms with E-state index in [2.05, 4.69) is 15.5 Å². The molecular formula is C17H14N3O3S-. The quantitative estimate of drug-likeness (QED) is 0.549. The van der Waals surface area contributed by atoms with Crippen LogP contribution >= 0.6 is 11.3 Å². The van der Waals surface area contributed by atoms with Crippen molar-refractivity contribution in [3.8, 4) is 5.75 Å². The highest BCUT2D eigenvalue weighted by molar-refractivity contribution is 7.22. The number of hydrogen-bond donors (Lipinski definition) is 1. The molecule has 1 heterocycles. The number of anilines is 1. The van der Waals surface area contributed by atoms with Crippen molar-refractivity contribution in [3.63, 3.8) is 0 Å². The summed E-state index contributed by atoms with van der Waals surface area (Å²) in [7, 11) is 0. The van der Waals surface area contributed by atoms with Gasteiger partial charge in [0.25, 0.3) is 0 Å². The molecule has 122 valence electrons. The fraction of sp³-hybridized carbons (Fsp3) is 0.118. The molecule has 0 saturated carbocycles. The van der Waals surface area contributed by atoms with Crippen molar-refractivity contribution < 1.29 is 14.6 Å². The van der Waals surface area contributed by atoms with Gasteiger partial charge < -0.3 is 14.6 Å². The second-order valence-corrected chi connectivity index (χ2v) is 6.01. The molecule has 3 aromatic rings. The molecule has 0 saturated heterocycles. The number of aliphatic carboxylic acids is 1. The van der Waals surface area contributed by atoms with E-state index in [-0.39, 0.29) is 0 Å². The Labute approximate surface area is 142 Å². The number of ether oxygens (including phenoxy) is 1. The normalized spacial score (nSPS) is 11.5. The molecule has 0 bridgehead atoms. The highest BCUT2D eigenvalue weighted by Gasteiger charge is 2.04. The van der Waals surface area contributed by atoms with Gasteiger partial charge in [0, 0.05) is 5.56 Å². The Morgan fingerprint density at radius 2 is 2.12 bits per heavy atom. The summed E-state index contributed by atoms with van der Waals surface area (Å²) >= 11 is 1.52. The third kappa shape index (κ3) is 3.88. The van der Waals surface area contributed by atoms with Crippen LogP contribution in [0.25, 0.3) is 10.2 Å². The van der Waals surface area contributed by atoms with Crippen LogP contribution in [0.3, 0.4) is 0 Å². The number of carbonyl (C=O) groups is 1. The summed E-state index contributed by atoms with van der Waals surface area (Å²) in [6.07, 6.45) is 0. The number of carboxylic acids is 1. The lowest BCUT2D eigenvalue weighted by molar-refractivity contribution is -0.307. The Kier molecular flexibility index (Phi) is 4.72. The summed E-state index contributed by atoms with van der Waals surface area (Å²) in [5.74, 6) is -0.811. The zero-order valence-electron chi connectivity index (χ0n) is 12.9. The number of thiazole rings is 1. The molecule has 6 nitrogen and oxygen atoms in total. The third-order valence-electron chi connectivity index (χ3n) is 3.22. The van der Waals surface area contributed by atoms with Gasteiger partial charge in [-0.1, -0.05) is 35.6 Å². The molecule has 0 radical (unpaired) electrons. The Morgan fingerprint density at radius 3 is 2.92 bits per heavy atom. The molecule has 1 N–H and O–H groups in total. The van der Waals surface area contributed by atoms with Crippen molar-refractivity contribution >= 4 is 38.4 Å². The van der Waals surface area contributed by atoms with Gasteiger partial charge in [-0.3, -0.25) is 5.43 Å². The van der Waals surface area contributed by atoms with Crippen LogP contribution in [0.5, 0.6) is 5.75 Å². The first kappa shape index (κ1) is 15.9. The van der Waals surface area contributed by atoms with E-state index in [1.165, 1.54) is 11.3 Å². The number of carbonyl (C=O) groups excluding carboxylic acids is 1. The average Bonchev–Trinajstić information content (AvgIpc) is 3.01. The maximum Gasteiger partial charge on any atom is 0.204 e. The Hall–Kier alpha value is -2.93. The molecule has 0 fully saturated rings. The Bertz CT molecular complexity index is 872. The zero-order valence-corrected chi connectivity index (χ0v) is 13.7. The summed E-state index contributed by atoms with van der Waals surface area (Å²) < 4.78 is 6.20. The molecule has 1 aromatic heterocycles. The van der Waals surface area contributed by atoms with Gasteiger partial charge in [-0.05, 0) is 31.2 Å². The molecule has 0 aliphatic carbocycles. The van der Waals surface area contributed by atoms with Gasteiger partial charge >= 0.3 is 0 Å². The molecule has 7 heteroatoms. The number of hydrazone groups is 1. The lowest BCUT2D eigenvalue weighted by Gasteiger charge is -2.08. The van der Waals surface area contributed by atoms with Crippen molar-refractivity contribution in [1.82, 2.24) is 4.98 Å². The number of para-hydroxylation sites is 1. The fourth-order valence-corrected chi connectivity index (χ4v) is 2.88. The number of rotatable bonds is 6. The van der Waals surface area contributed by atoms with Crippen molar-refractivity contribution in [2.75, 3.05) is 12.0 Å². The van der Waals surface area contributed by atoms with Crippen molar-refractivity contribution in [3.05, 3.63) is 54.1 Å². The van der Waals surface area contributed by atoms with Crippen LogP contribution in [0.4, 0.5) is 5.13 Å². The second kappa shape index (κ2) is 7.10. The molecule has 2 aromatic carbocycles. The maximum absolute atomic E-state index is 10.4. The van der Waals surface area contributed by atoms with Crippen LogP contribution in [0, 0.1) is 0 Å². The third-order valence-corrected chi connectivity index (χ3v) is 4.16. The first-order chi connectivity index (χ1) is 11.6. The van der Waals surface area contributed by atoms with Gasteiger partial charge in [0.15, 0.2) is 0 Å². The van der Waals surface area contributed by atoms with Crippen LogP contribution in [0.2, 0.25) is 0 Å². The number of aromatic nitrogens is 1. The van der Waals surface area contributed by atoms with E-state index in [0.29, 0.717) is 10.9 Å². The standard InChI is InChI=1S/C17H15N3O3S/c1-11(12-5-4-6-13(9-12)23-10-16(21)22)19-20-17-18-14-7-2-3-8-15(14)24-17/h2-9H,10H2,1H3,(H,18,20)(H,21,22)/p-1/b19-11-. The van der Waals surface area contributed by atoms with E-state index in [0.717, 1.165) is 21.5 Å². The largest absolute Gasteiger partial charge is 0.546 e. The molecule has 0 atom stereocenters. The molecule has 3 rings (SSSR count). The van der Waals surface area contributed by atoms with Gasteiger partial charge in [-0.2, -0.15) is 5.10 Å². The minimum absolute atomic E-state index is 0.450. The maximum atomic E-state index is 10.4. The van der Waals surface area contributed by atoms with E-state index < -0.39 is 12.6 Å². The summed E-state index contributed by atoms with van der Waals surface area (Å²) in [5.41, 5.74) is 5.43. The Balaban J connectivity index is 1.73. The minimum Gasteiger partial charge on any atom is -0.546 e. The topological polar surface area (TPSA) is 86.6 Å². The first-order valence-corrected chi connectivity index (χ1v) is 8.02. The first-order valence-electron chi connectivity index (χ1n) is 7.21. The molecule has 0 aliphatic heterocycles. The average molecular weight is 340 g/mol. The lowest BCUT2D eigenvalue weighted by atomic mass is 10.1. The van der Waals surface area contributed by atoms with Gasteiger partial charge in [0.05, 0.1) is 21.9 Å². The van der Waals surface area contributed by atoms with E-state index >= 15 is 0 Å². The summed E-state index contributed by atoms with van der Waals surface area (Å²) in [6, 6.07) is 14.9. The number of nitrogens with zero attached hydrogens (tertiary/aromatic N) is 2. The van der Waals surface area contributed by atoms with E-state index in [1.807, 2.05) is 37.3 Å². The van der Waals surface area contributed by atoms with Crippen molar-refractivity contribution in [2.24, 2.45) is 5.10 Å². The predicted molar refractivity (Wildman–Crippen MR) is 92.4 cm³/mol. The summed E-state index contributed by atoms with van der Waals surface area (Å²) in [5, 5.41) is 15.5. The SMILES string of the molecule is C/C(=N/Nc1nc2ccccc2s1)c1cccc(OCC(=O)[O-])c1. The predicted octanol–water partition coefficient (Wildman–Crippen LogP) is 2.26. The highest BCUT2D eigenvalue weighted by Crippen LogP contribution is 2.25. The van der Waals surface area contributed by atoms with Gasteiger partial charge in [-0.15, -0.1) is 0 Å². The van der Waals surface area contributed by atoms with Gasteiger partial charge in [0.1, 0.15) is 12.4 Å². The number of hydrogen-bond acceptors (Lipinski definition) is 7. The van der Waals surface area contributed by atoms with Crippen LogP contribution in [0.15, 0.2) is 53.6 Å². The van der Waals surface area contributed by atoms with Crippen LogP contribution < -0.4 is 15.3 Å². The van der Waals surface area contributed by atoms with Crippen LogP contribution in [-0.4, -0.2) is 23.3 Å². The fourth-order valence-electron chi connectivity index (χ4n) is 2.07. The molecule has 0 spiro atoms. The zero-order chi connectivity index (χ0) is 16.9. The minimum atomic E-state index is -1.26. The van der Waals surface area contributed by atoms with E-state index in [9.17, 15) is 9.90 Å². The van der Waals surface area contributed by atoms with Crippen molar-refractivity contribution in [2.45, 2.75) is 6.92 Å². The van der Waals surface area contributed by atoms with Gasteiger partial charge in [0.2, 0.25) is 5.13 Å². The molecule has 0 unspecified atom stereocenters.